The number of aliphatic imine (C=N–C) groups is 1. The molecule has 0 amide bonds. The highest BCUT2D eigenvalue weighted by molar-refractivity contribution is 7.98. The van der Waals surface area contributed by atoms with Crippen molar-refractivity contribution in [2.75, 3.05) is 19.3 Å². The first kappa shape index (κ1) is 15.9. The molecule has 1 rings (SSSR count). The highest BCUT2D eigenvalue weighted by atomic mass is 32.2. The van der Waals surface area contributed by atoms with Gasteiger partial charge in [-0.25, -0.2) is 0 Å². The number of nitrogens with two attached hydrogens (primary N) is 2. The van der Waals surface area contributed by atoms with Gasteiger partial charge in [-0.3, -0.25) is 4.99 Å². The zero-order valence-corrected chi connectivity index (χ0v) is 12.9. The molecule has 5 nitrogen and oxygen atoms in total. The summed E-state index contributed by atoms with van der Waals surface area (Å²) in [5, 5.41) is 3.02. The summed E-state index contributed by atoms with van der Waals surface area (Å²) in [6.45, 7) is 6.73. The van der Waals surface area contributed by atoms with E-state index in [1.165, 1.54) is 0 Å². The Morgan fingerprint density at radius 3 is 2.74 bits per heavy atom. The first-order valence-electron chi connectivity index (χ1n) is 6.27. The molecule has 5 N–H and O–H groups in total. The molecule has 0 saturated heterocycles. The van der Waals surface area contributed by atoms with Gasteiger partial charge in [0.15, 0.2) is 5.96 Å². The maximum absolute atomic E-state index is 6.06. The first-order valence-corrected chi connectivity index (χ1v) is 7.42. The lowest BCUT2D eigenvalue weighted by atomic mass is 10.0. The van der Waals surface area contributed by atoms with Crippen LogP contribution in [0.1, 0.15) is 30.9 Å². The van der Waals surface area contributed by atoms with Gasteiger partial charge in [0.2, 0.25) is 0 Å². The Kier molecular flexibility index (Phi) is 5.75. The van der Waals surface area contributed by atoms with Crippen molar-refractivity contribution in [2.24, 2.45) is 16.5 Å². The van der Waals surface area contributed by atoms with Gasteiger partial charge in [0.05, 0.1) is 11.3 Å². The van der Waals surface area contributed by atoms with E-state index in [4.69, 9.17) is 15.9 Å². The van der Waals surface area contributed by atoms with E-state index in [1.54, 1.807) is 18.8 Å². The number of rotatable bonds is 6. The Bertz CT molecular complexity index is 434. The van der Waals surface area contributed by atoms with E-state index in [2.05, 4.69) is 16.4 Å². The average molecular weight is 284 g/mol. The van der Waals surface area contributed by atoms with Crippen molar-refractivity contribution in [1.29, 1.82) is 0 Å². The second-order valence-corrected chi connectivity index (χ2v) is 6.14. The molecule has 108 valence electrons. The normalized spacial score (nSPS) is 12.8. The standard InChI is InChI=1S/C13H24N4OS/c1-9-7-10(18-11(9)13(2,3)15)8-19-6-5-17-12(14)16-4/h7H,5-6,8,15H2,1-4H3,(H3,14,16,17). The molecule has 0 radical (unpaired) electrons. The van der Waals surface area contributed by atoms with E-state index >= 15 is 0 Å². The van der Waals surface area contributed by atoms with Gasteiger partial charge in [-0.1, -0.05) is 0 Å². The van der Waals surface area contributed by atoms with Crippen molar-refractivity contribution in [2.45, 2.75) is 32.1 Å². The molecule has 0 atom stereocenters. The molecular formula is C13H24N4OS. The Morgan fingerprint density at radius 2 is 2.21 bits per heavy atom. The van der Waals surface area contributed by atoms with Crippen LogP contribution in [0.15, 0.2) is 15.5 Å². The van der Waals surface area contributed by atoms with Crippen LogP contribution >= 0.6 is 11.8 Å². The van der Waals surface area contributed by atoms with E-state index in [0.717, 1.165) is 35.1 Å². The van der Waals surface area contributed by atoms with E-state index in [0.29, 0.717) is 5.96 Å². The fraction of sp³-hybridized carbons (Fsp3) is 0.615. The van der Waals surface area contributed by atoms with Crippen molar-refractivity contribution in [3.05, 3.63) is 23.2 Å². The zero-order chi connectivity index (χ0) is 14.5. The number of guanidine groups is 1. The molecule has 1 aromatic heterocycles. The molecule has 0 aliphatic carbocycles. The minimum Gasteiger partial charge on any atom is -0.463 e. The summed E-state index contributed by atoms with van der Waals surface area (Å²) in [5.74, 6) is 4.08. The number of furan rings is 1. The third-order valence-electron chi connectivity index (χ3n) is 2.59. The van der Waals surface area contributed by atoms with Crippen LogP contribution < -0.4 is 16.8 Å². The Morgan fingerprint density at radius 1 is 1.53 bits per heavy atom. The second-order valence-electron chi connectivity index (χ2n) is 5.03. The van der Waals surface area contributed by atoms with Crippen molar-refractivity contribution < 1.29 is 4.42 Å². The molecule has 0 aliphatic rings. The number of nitrogens with one attached hydrogen (secondary N) is 1. The molecule has 0 saturated carbocycles. The van der Waals surface area contributed by atoms with Crippen LogP contribution in [0, 0.1) is 6.92 Å². The number of nitrogens with zero attached hydrogens (tertiary/aromatic N) is 1. The lowest BCUT2D eigenvalue weighted by Gasteiger charge is -2.16. The molecule has 1 aromatic rings. The molecule has 6 heteroatoms. The summed E-state index contributed by atoms with van der Waals surface area (Å²) < 4.78 is 5.81. The highest BCUT2D eigenvalue weighted by Gasteiger charge is 2.21. The molecule has 1 heterocycles. The Balaban J connectivity index is 2.39. The Labute approximate surface area is 119 Å². The molecule has 0 bridgehead atoms. The maximum Gasteiger partial charge on any atom is 0.188 e. The number of thioether (sulfide) groups is 1. The van der Waals surface area contributed by atoms with Crippen LogP contribution in [0.3, 0.4) is 0 Å². The van der Waals surface area contributed by atoms with Crippen molar-refractivity contribution in [1.82, 2.24) is 5.32 Å². The van der Waals surface area contributed by atoms with Gasteiger partial charge < -0.3 is 21.2 Å². The van der Waals surface area contributed by atoms with Gasteiger partial charge >= 0.3 is 0 Å². The number of hydrogen-bond acceptors (Lipinski definition) is 4. The van der Waals surface area contributed by atoms with E-state index < -0.39 is 5.54 Å². The van der Waals surface area contributed by atoms with Crippen LogP contribution in [-0.2, 0) is 11.3 Å². The van der Waals surface area contributed by atoms with Gasteiger partial charge in [0, 0.05) is 19.3 Å². The predicted octanol–water partition coefficient (Wildman–Crippen LogP) is 1.55. The fourth-order valence-electron chi connectivity index (χ4n) is 1.76. The average Bonchev–Trinajstić information content (AvgIpc) is 2.69. The summed E-state index contributed by atoms with van der Waals surface area (Å²) in [4.78, 5) is 3.83. The molecule has 0 aliphatic heterocycles. The molecular weight excluding hydrogens is 260 g/mol. The van der Waals surface area contributed by atoms with Gasteiger partial charge in [0.1, 0.15) is 11.5 Å². The minimum atomic E-state index is -0.430. The van der Waals surface area contributed by atoms with E-state index in [-0.39, 0.29) is 0 Å². The van der Waals surface area contributed by atoms with Crippen LogP contribution in [0.2, 0.25) is 0 Å². The molecule has 0 unspecified atom stereocenters. The van der Waals surface area contributed by atoms with Crippen molar-refractivity contribution in [3.8, 4) is 0 Å². The highest BCUT2D eigenvalue weighted by Crippen LogP contribution is 2.26. The SMILES string of the molecule is CN=C(N)NCCSCc1cc(C)c(C(C)(C)N)o1. The molecule has 0 spiro atoms. The molecule has 19 heavy (non-hydrogen) atoms. The third-order valence-corrected chi connectivity index (χ3v) is 3.57. The van der Waals surface area contributed by atoms with E-state index in [9.17, 15) is 0 Å². The van der Waals surface area contributed by atoms with Crippen LogP contribution in [-0.4, -0.2) is 25.3 Å². The van der Waals surface area contributed by atoms with Gasteiger partial charge in [-0.15, -0.1) is 0 Å². The van der Waals surface area contributed by atoms with Crippen LogP contribution in [0.25, 0.3) is 0 Å². The van der Waals surface area contributed by atoms with Gasteiger partial charge in [-0.05, 0) is 32.4 Å². The Hall–Kier alpha value is -1.14. The number of aryl methyl sites for hydroxylation is 1. The summed E-state index contributed by atoms with van der Waals surface area (Å²) in [6, 6.07) is 2.06. The van der Waals surface area contributed by atoms with Crippen molar-refractivity contribution in [3.63, 3.8) is 0 Å². The quantitative estimate of drug-likeness (QED) is 0.419. The summed E-state index contributed by atoms with van der Waals surface area (Å²) in [7, 11) is 1.66. The van der Waals surface area contributed by atoms with Crippen LogP contribution in [0.5, 0.6) is 0 Å². The smallest absolute Gasteiger partial charge is 0.188 e. The lowest BCUT2D eigenvalue weighted by Crippen LogP contribution is -2.32. The largest absolute Gasteiger partial charge is 0.463 e. The van der Waals surface area contributed by atoms with Gasteiger partial charge in [-0.2, -0.15) is 11.8 Å². The lowest BCUT2D eigenvalue weighted by molar-refractivity contribution is 0.378. The van der Waals surface area contributed by atoms with Crippen LogP contribution in [0.4, 0.5) is 0 Å². The van der Waals surface area contributed by atoms with E-state index in [1.807, 2.05) is 20.8 Å². The summed E-state index contributed by atoms with van der Waals surface area (Å²) >= 11 is 1.78. The maximum atomic E-state index is 6.06. The second kappa shape index (κ2) is 6.86. The predicted molar refractivity (Wildman–Crippen MR) is 82.4 cm³/mol. The van der Waals surface area contributed by atoms with Crippen molar-refractivity contribution >= 4 is 17.7 Å². The summed E-state index contributed by atoms with van der Waals surface area (Å²) in [5.41, 5.74) is 12.3. The van der Waals surface area contributed by atoms with Gasteiger partial charge in [0.25, 0.3) is 0 Å². The molecule has 0 fully saturated rings. The first-order chi connectivity index (χ1) is 8.84. The summed E-state index contributed by atoms with van der Waals surface area (Å²) in [6.07, 6.45) is 0. The minimum absolute atomic E-state index is 0.430. The number of hydrogen-bond donors (Lipinski definition) is 3. The molecule has 0 aromatic carbocycles. The fourth-order valence-corrected chi connectivity index (χ4v) is 2.50. The third kappa shape index (κ3) is 5.16. The topological polar surface area (TPSA) is 89.6 Å². The zero-order valence-electron chi connectivity index (χ0n) is 12.1. The monoisotopic (exact) mass is 284 g/mol.